The van der Waals surface area contributed by atoms with Crippen molar-refractivity contribution in [2.45, 2.75) is 6.92 Å². The summed E-state index contributed by atoms with van der Waals surface area (Å²) in [6.07, 6.45) is 2.08. The van der Waals surface area contributed by atoms with E-state index in [-0.39, 0.29) is 13.1 Å². The Bertz CT molecular complexity index is 330. The lowest BCUT2D eigenvalue weighted by Crippen LogP contribution is -1.94. The molecule has 0 aliphatic heterocycles. The Morgan fingerprint density at radius 2 is 2.21 bits per heavy atom. The normalized spacial score (nSPS) is 12.2. The topological polar surface area (TPSA) is 29.1 Å². The average molecular weight is 227 g/mol. The number of nitrogens with one attached hydrogen (secondary N) is 1. The summed E-state index contributed by atoms with van der Waals surface area (Å²) in [5.41, 5.74) is 1.79. The van der Waals surface area contributed by atoms with E-state index in [4.69, 9.17) is 0 Å². The highest BCUT2D eigenvalue weighted by atomic mass is 32.7. The number of rotatable bonds is 4. The summed E-state index contributed by atoms with van der Waals surface area (Å²) in [7, 11) is -0.231. The van der Waals surface area contributed by atoms with Gasteiger partial charge in [-0.15, -0.1) is 11.4 Å². The largest absolute Gasteiger partial charge is 0.356 e. The molecule has 1 atom stereocenters. The van der Waals surface area contributed by atoms with Crippen LogP contribution in [0, 0.1) is 0 Å². The Balaban J connectivity index is 2.78. The predicted octanol–water partition coefficient (Wildman–Crippen LogP) is 3.61. The van der Waals surface area contributed by atoms with E-state index < -0.39 is 0 Å². The van der Waals surface area contributed by atoms with E-state index in [2.05, 4.69) is 18.0 Å². The van der Waals surface area contributed by atoms with Crippen molar-refractivity contribution in [2.24, 2.45) is 0 Å². The molecule has 1 N–H and O–H groups in total. The van der Waals surface area contributed by atoms with Crippen LogP contribution in [-0.4, -0.2) is 18.7 Å². The number of benzene rings is 1. The van der Waals surface area contributed by atoms with E-state index >= 15 is 0 Å². The number of hydrogen-bond acceptors (Lipinski definition) is 3. The zero-order valence-corrected chi connectivity index (χ0v) is 10.3. The van der Waals surface area contributed by atoms with Crippen molar-refractivity contribution in [1.82, 2.24) is 0 Å². The molecule has 0 aliphatic rings. The molecule has 0 bridgehead atoms. The van der Waals surface area contributed by atoms with Crippen LogP contribution in [0.3, 0.4) is 0 Å². The van der Waals surface area contributed by atoms with Crippen LogP contribution in [0.1, 0.15) is 17.3 Å². The molecule has 0 saturated carbocycles. The van der Waals surface area contributed by atoms with Crippen LogP contribution in [0.15, 0.2) is 24.3 Å². The van der Waals surface area contributed by atoms with Crippen LogP contribution in [-0.2, 0) is 0 Å². The molecule has 1 unspecified atom stereocenters. The maximum Gasteiger partial charge on any atom is 0.159 e. The number of carbonyl (C=O) groups is 1. The van der Waals surface area contributed by atoms with Gasteiger partial charge in [-0.3, -0.25) is 4.79 Å². The third-order valence-corrected chi connectivity index (χ3v) is 4.87. The molecule has 1 rings (SSSR count). The predicted molar refractivity (Wildman–Crippen MR) is 66.4 cm³/mol. The van der Waals surface area contributed by atoms with Crippen LogP contribution in [0.4, 0.5) is 5.69 Å². The van der Waals surface area contributed by atoms with Crippen molar-refractivity contribution in [3.8, 4) is 0 Å². The molecular weight excluding hydrogens is 213 g/mol. The van der Waals surface area contributed by atoms with Gasteiger partial charge in [-0.05, 0) is 32.0 Å². The minimum atomic E-state index is -0.231. The summed E-state index contributed by atoms with van der Waals surface area (Å²) in [5, 5.41) is 3.36. The van der Waals surface area contributed by atoms with Crippen LogP contribution in [0.2, 0.25) is 0 Å². The lowest BCUT2D eigenvalue weighted by Gasteiger charge is -2.12. The van der Waals surface area contributed by atoms with Gasteiger partial charge in [0.15, 0.2) is 5.78 Å². The molecular formula is C10H14NOPS. The molecule has 1 aromatic rings. The Morgan fingerprint density at radius 1 is 1.50 bits per heavy atom. The van der Waals surface area contributed by atoms with Gasteiger partial charge in [-0.25, -0.2) is 0 Å². The second-order valence-electron chi connectivity index (χ2n) is 2.93. The highest BCUT2D eigenvalue weighted by molar-refractivity contribution is 8.55. The highest BCUT2D eigenvalue weighted by Crippen LogP contribution is 2.43. The molecule has 4 heteroatoms. The van der Waals surface area contributed by atoms with E-state index in [0.29, 0.717) is 0 Å². The molecule has 2 nitrogen and oxygen atoms in total. The maximum absolute atomic E-state index is 11.1. The third-order valence-electron chi connectivity index (χ3n) is 1.83. The van der Waals surface area contributed by atoms with Crippen molar-refractivity contribution in [2.75, 3.05) is 18.0 Å². The first kappa shape index (κ1) is 11.5. The fourth-order valence-electron chi connectivity index (χ4n) is 1.04. The highest BCUT2D eigenvalue weighted by Gasteiger charge is 2.02. The molecule has 0 heterocycles. The summed E-state index contributed by atoms with van der Waals surface area (Å²) in [4.78, 5) is 11.1. The van der Waals surface area contributed by atoms with Crippen molar-refractivity contribution < 1.29 is 4.79 Å². The Hall–Kier alpha value is -0.530. The van der Waals surface area contributed by atoms with Crippen molar-refractivity contribution in [3.63, 3.8) is 0 Å². The number of hydrogen-bond donors (Lipinski definition) is 1. The summed E-state index contributed by atoms with van der Waals surface area (Å²) in [5.74, 6) is 0.109. The number of Topliss-reactive ketones (excluding diaryl/α,β-unsaturated/α-hetero) is 1. The van der Waals surface area contributed by atoms with Crippen molar-refractivity contribution in [3.05, 3.63) is 29.8 Å². The number of carbonyl (C=O) groups excluding carboxylic acids is 1. The third kappa shape index (κ3) is 3.32. The van der Waals surface area contributed by atoms with Gasteiger partial charge in [0, 0.05) is 18.5 Å². The fraction of sp³-hybridized carbons (Fsp3) is 0.300. The first-order valence-corrected chi connectivity index (χ1v) is 7.91. The maximum atomic E-state index is 11.1. The first-order chi connectivity index (χ1) is 6.63. The molecule has 0 spiro atoms. The zero-order valence-electron chi connectivity index (χ0n) is 8.57. The smallest absolute Gasteiger partial charge is 0.159 e. The lowest BCUT2D eigenvalue weighted by atomic mass is 10.1. The SMILES string of the molecule is CSP(C)Nc1cccc(C(C)=O)c1. The molecule has 1 aromatic carbocycles. The van der Waals surface area contributed by atoms with Gasteiger partial charge in [0.1, 0.15) is 0 Å². The minimum Gasteiger partial charge on any atom is -0.356 e. The molecule has 0 aromatic heterocycles. The molecule has 0 aliphatic carbocycles. The molecule has 76 valence electrons. The summed E-state index contributed by atoms with van der Waals surface area (Å²) in [6, 6.07) is 7.63. The summed E-state index contributed by atoms with van der Waals surface area (Å²) in [6.45, 7) is 3.74. The van der Waals surface area contributed by atoms with E-state index in [1.165, 1.54) is 0 Å². The second-order valence-corrected chi connectivity index (χ2v) is 7.25. The van der Waals surface area contributed by atoms with Crippen LogP contribution in [0.25, 0.3) is 0 Å². The van der Waals surface area contributed by atoms with Crippen molar-refractivity contribution in [1.29, 1.82) is 0 Å². The number of anilines is 1. The molecule has 0 amide bonds. The van der Waals surface area contributed by atoms with Gasteiger partial charge in [0.05, 0.1) is 0 Å². The van der Waals surface area contributed by atoms with Gasteiger partial charge in [0.25, 0.3) is 0 Å². The monoisotopic (exact) mass is 227 g/mol. The van der Waals surface area contributed by atoms with Gasteiger partial charge in [-0.2, -0.15) is 0 Å². The van der Waals surface area contributed by atoms with Crippen molar-refractivity contribution >= 4 is 30.1 Å². The standard InChI is InChI=1S/C10H14NOPS/c1-8(12)9-5-4-6-10(7-9)11-13(2)14-3/h4-7,11H,1-3H3. The van der Waals surface area contributed by atoms with Gasteiger partial charge in [0.2, 0.25) is 0 Å². The van der Waals surface area contributed by atoms with Gasteiger partial charge < -0.3 is 5.09 Å². The summed E-state index contributed by atoms with van der Waals surface area (Å²) < 4.78 is 0. The van der Waals surface area contributed by atoms with Crippen LogP contribution in [0.5, 0.6) is 0 Å². The van der Waals surface area contributed by atoms with Gasteiger partial charge in [-0.1, -0.05) is 12.1 Å². The lowest BCUT2D eigenvalue weighted by molar-refractivity contribution is 0.101. The van der Waals surface area contributed by atoms with E-state index in [1.54, 1.807) is 18.3 Å². The molecule has 0 radical (unpaired) electrons. The fourth-order valence-corrected chi connectivity index (χ4v) is 2.22. The van der Waals surface area contributed by atoms with Crippen LogP contribution >= 0.6 is 18.7 Å². The molecule has 0 fully saturated rings. The Labute approximate surface area is 90.0 Å². The van der Waals surface area contributed by atoms with Gasteiger partial charge >= 0.3 is 0 Å². The first-order valence-electron chi connectivity index (χ1n) is 4.29. The van der Waals surface area contributed by atoms with E-state index in [1.807, 2.05) is 24.3 Å². The number of ketones is 1. The summed E-state index contributed by atoms with van der Waals surface area (Å²) >= 11 is 1.80. The van der Waals surface area contributed by atoms with Crippen LogP contribution < -0.4 is 5.09 Å². The Morgan fingerprint density at radius 3 is 2.79 bits per heavy atom. The second kappa shape index (κ2) is 5.38. The average Bonchev–Trinajstić information content (AvgIpc) is 2.18. The minimum absolute atomic E-state index is 0.109. The quantitative estimate of drug-likeness (QED) is 0.629. The van der Waals surface area contributed by atoms with E-state index in [9.17, 15) is 4.79 Å². The molecule has 14 heavy (non-hydrogen) atoms. The zero-order chi connectivity index (χ0) is 10.6. The Kier molecular flexibility index (Phi) is 4.43. The van der Waals surface area contributed by atoms with E-state index in [0.717, 1.165) is 11.3 Å². The molecule has 0 saturated heterocycles.